The fourth-order valence-electron chi connectivity index (χ4n) is 5.25. The van der Waals surface area contributed by atoms with Crippen LogP contribution in [-0.2, 0) is 10.0 Å². The minimum Gasteiger partial charge on any atom is -0.367 e. The van der Waals surface area contributed by atoms with Gasteiger partial charge in [-0.3, -0.25) is 9.21 Å². The van der Waals surface area contributed by atoms with Gasteiger partial charge in [0.05, 0.1) is 29.5 Å². The lowest BCUT2D eigenvalue weighted by Crippen LogP contribution is -2.48. The van der Waals surface area contributed by atoms with Crippen LogP contribution in [0.1, 0.15) is 12.8 Å². The van der Waals surface area contributed by atoms with Gasteiger partial charge in [-0.2, -0.15) is 4.98 Å². The van der Waals surface area contributed by atoms with Crippen LogP contribution in [0, 0.1) is 11.7 Å². The Balaban J connectivity index is 1.23. The Morgan fingerprint density at radius 1 is 1.10 bits per heavy atom. The van der Waals surface area contributed by atoms with Crippen molar-refractivity contribution in [3.05, 3.63) is 59.5 Å². The maximum Gasteiger partial charge on any atom is 0.232 e. The van der Waals surface area contributed by atoms with Crippen molar-refractivity contribution >= 4 is 56.1 Å². The summed E-state index contributed by atoms with van der Waals surface area (Å²) in [5, 5.41) is 9.80. The summed E-state index contributed by atoms with van der Waals surface area (Å²) in [6.07, 6.45) is 5.01. The van der Waals surface area contributed by atoms with Crippen LogP contribution < -0.4 is 25.2 Å². The summed E-state index contributed by atoms with van der Waals surface area (Å²) in [5.41, 5.74) is 2.02. The molecule has 2 aliphatic heterocycles. The Hall–Kier alpha value is -3.19. The average Bonchev–Trinajstić information content (AvgIpc) is 2.95. The topological polar surface area (TPSA) is 106 Å². The standard InChI is InChI=1S/C28H36ClFN8O2S/c1-36(41(2,39)40)26-6-4-3-5-24(26)34-27-22(29)18-32-28(35-27)33-21-7-8-25(23(30)17-21)38-15-13-37(14-16-38)19-20-9-11-31-12-10-20/h3-8,17-18,20,31H,9-16,19H2,1-2H3,(H2,32,33,34,35). The highest BCUT2D eigenvalue weighted by Crippen LogP contribution is 2.32. The number of sulfonamides is 1. The Bertz CT molecular complexity index is 1460. The third-order valence-corrected chi connectivity index (χ3v) is 9.10. The van der Waals surface area contributed by atoms with Crippen molar-refractivity contribution in [1.82, 2.24) is 20.2 Å². The number of halogens is 2. The summed E-state index contributed by atoms with van der Waals surface area (Å²) < 4.78 is 40.6. The van der Waals surface area contributed by atoms with E-state index in [1.165, 1.54) is 36.5 Å². The highest BCUT2D eigenvalue weighted by Gasteiger charge is 2.23. The molecule has 2 aromatic carbocycles. The molecule has 1 aromatic heterocycles. The lowest BCUT2D eigenvalue weighted by atomic mass is 9.97. The highest BCUT2D eigenvalue weighted by molar-refractivity contribution is 7.92. The summed E-state index contributed by atoms with van der Waals surface area (Å²) >= 11 is 6.35. The number of para-hydroxylation sites is 2. The van der Waals surface area contributed by atoms with Gasteiger partial charge in [0.2, 0.25) is 16.0 Å². The van der Waals surface area contributed by atoms with Gasteiger partial charge in [-0.25, -0.2) is 17.8 Å². The number of piperidine rings is 1. The zero-order valence-corrected chi connectivity index (χ0v) is 24.8. The molecule has 10 nitrogen and oxygen atoms in total. The van der Waals surface area contributed by atoms with Gasteiger partial charge in [-0.05, 0) is 62.2 Å². The molecule has 3 N–H and O–H groups in total. The zero-order chi connectivity index (χ0) is 29.0. The highest BCUT2D eigenvalue weighted by atomic mass is 35.5. The van der Waals surface area contributed by atoms with Crippen molar-refractivity contribution in [3.8, 4) is 0 Å². The molecule has 2 fully saturated rings. The van der Waals surface area contributed by atoms with Crippen LogP contribution in [0.25, 0.3) is 0 Å². The number of piperazine rings is 1. The molecule has 0 aliphatic carbocycles. The SMILES string of the molecule is CN(c1ccccc1Nc1nc(Nc2ccc(N3CCN(CC4CCNCC4)CC3)c(F)c2)ncc1Cl)S(C)(=O)=O. The van der Waals surface area contributed by atoms with E-state index in [2.05, 4.69) is 35.7 Å². The zero-order valence-electron chi connectivity index (χ0n) is 23.3. The first-order valence-electron chi connectivity index (χ1n) is 13.7. The first-order chi connectivity index (χ1) is 19.7. The Morgan fingerprint density at radius 2 is 1.83 bits per heavy atom. The van der Waals surface area contributed by atoms with E-state index in [-0.39, 0.29) is 22.6 Å². The van der Waals surface area contributed by atoms with E-state index < -0.39 is 10.0 Å². The van der Waals surface area contributed by atoms with Crippen LogP contribution in [0.2, 0.25) is 5.02 Å². The van der Waals surface area contributed by atoms with Crippen molar-refractivity contribution in [3.63, 3.8) is 0 Å². The molecule has 3 aromatic rings. The number of aromatic nitrogens is 2. The van der Waals surface area contributed by atoms with Gasteiger partial charge in [0, 0.05) is 45.5 Å². The number of hydrogen-bond acceptors (Lipinski definition) is 9. The van der Waals surface area contributed by atoms with E-state index in [9.17, 15) is 8.42 Å². The van der Waals surface area contributed by atoms with Gasteiger partial charge >= 0.3 is 0 Å². The predicted molar refractivity (Wildman–Crippen MR) is 164 cm³/mol. The van der Waals surface area contributed by atoms with Crippen molar-refractivity contribution in [2.24, 2.45) is 5.92 Å². The molecule has 3 heterocycles. The van der Waals surface area contributed by atoms with E-state index in [0.29, 0.717) is 22.7 Å². The predicted octanol–water partition coefficient (Wildman–Crippen LogP) is 4.27. The van der Waals surface area contributed by atoms with Gasteiger partial charge in [0.15, 0.2) is 5.82 Å². The van der Waals surface area contributed by atoms with Crippen LogP contribution >= 0.6 is 11.6 Å². The number of benzene rings is 2. The van der Waals surface area contributed by atoms with Crippen LogP contribution in [0.4, 0.5) is 38.9 Å². The minimum absolute atomic E-state index is 0.213. The quantitative estimate of drug-likeness (QED) is 0.331. The summed E-state index contributed by atoms with van der Waals surface area (Å²) in [7, 11) is -2.01. The van der Waals surface area contributed by atoms with Crippen LogP contribution in [0.3, 0.4) is 0 Å². The molecule has 220 valence electrons. The molecule has 0 bridgehead atoms. The second kappa shape index (κ2) is 12.8. The van der Waals surface area contributed by atoms with E-state index in [0.717, 1.165) is 58.0 Å². The smallest absolute Gasteiger partial charge is 0.232 e. The number of nitrogens with zero attached hydrogens (tertiary/aromatic N) is 5. The van der Waals surface area contributed by atoms with Gasteiger partial charge in [0.25, 0.3) is 0 Å². The maximum atomic E-state index is 15.2. The van der Waals surface area contributed by atoms with Crippen LogP contribution in [-0.4, -0.2) is 82.4 Å². The average molecular weight is 603 g/mol. The normalized spacial score (nSPS) is 16.9. The fraction of sp³-hybridized carbons (Fsp3) is 0.429. The lowest BCUT2D eigenvalue weighted by Gasteiger charge is -2.38. The largest absolute Gasteiger partial charge is 0.367 e. The van der Waals surface area contributed by atoms with Gasteiger partial charge in [0.1, 0.15) is 10.8 Å². The lowest BCUT2D eigenvalue weighted by molar-refractivity contribution is 0.196. The molecule has 0 radical (unpaired) electrons. The molecule has 2 saturated heterocycles. The van der Waals surface area contributed by atoms with Crippen molar-refractivity contribution in [2.75, 3.05) is 79.0 Å². The number of nitrogens with one attached hydrogen (secondary N) is 3. The van der Waals surface area contributed by atoms with Crippen molar-refractivity contribution in [1.29, 1.82) is 0 Å². The van der Waals surface area contributed by atoms with Gasteiger partial charge in [-0.1, -0.05) is 23.7 Å². The molecular weight excluding hydrogens is 567 g/mol. The molecule has 0 amide bonds. The molecule has 0 saturated carbocycles. The third kappa shape index (κ3) is 7.37. The number of rotatable bonds is 9. The van der Waals surface area contributed by atoms with Crippen molar-refractivity contribution in [2.45, 2.75) is 12.8 Å². The molecule has 5 rings (SSSR count). The second-order valence-electron chi connectivity index (χ2n) is 10.5. The van der Waals surface area contributed by atoms with E-state index >= 15 is 4.39 Å². The maximum absolute atomic E-state index is 15.2. The molecule has 2 aliphatic rings. The van der Waals surface area contributed by atoms with Gasteiger partial charge in [-0.15, -0.1) is 0 Å². The first kappa shape index (κ1) is 29.3. The summed E-state index contributed by atoms with van der Waals surface area (Å²) in [4.78, 5) is 13.3. The molecule has 13 heteroatoms. The molecule has 41 heavy (non-hydrogen) atoms. The third-order valence-electron chi connectivity index (χ3n) is 7.63. The molecule has 0 atom stereocenters. The Kier molecular flexibility index (Phi) is 9.12. The van der Waals surface area contributed by atoms with E-state index in [1.807, 2.05) is 0 Å². The van der Waals surface area contributed by atoms with E-state index in [1.54, 1.807) is 36.4 Å². The molecule has 0 unspecified atom stereocenters. The monoisotopic (exact) mass is 602 g/mol. The van der Waals surface area contributed by atoms with Crippen LogP contribution in [0.5, 0.6) is 0 Å². The summed E-state index contributed by atoms with van der Waals surface area (Å²) in [5.74, 6) is 0.925. The molecular formula is C28H36ClFN8O2S. The van der Waals surface area contributed by atoms with Crippen LogP contribution in [0.15, 0.2) is 48.7 Å². The summed E-state index contributed by atoms with van der Waals surface area (Å²) in [6.45, 7) is 6.78. The van der Waals surface area contributed by atoms with Crippen molar-refractivity contribution < 1.29 is 12.8 Å². The second-order valence-corrected chi connectivity index (χ2v) is 13.0. The fourth-order valence-corrected chi connectivity index (χ4v) is 5.90. The van der Waals surface area contributed by atoms with Gasteiger partial charge < -0.3 is 20.9 Å². The minimum atomic E-state index is -3.48. The Morgan fingerprint density at radius 3 is 2.54 bits per heavy atom. The number of hydrogen-bond donors (Lipinski definition) is 3. The first-order valence-corrected chi connectivity index (χ1v) is 16.0. The number of anilines is 6. The van der Waals surface area contributed by atoms with E-state index in [4.69, 9.17) is 11.6 Å². The molecule has 0 spiro atoms. The Labute approximate surface area is 246 Å². The summed E-state index contributed by atoms with van der Waals surface area (Å²) in [6, 6.07) is 11.9.